The van der Waals surface area contributed by atoms with E-state index < -0.39 is 10.0 Å². The fourth-order valence-electron chi connectivity index (χ4n) is 9.36. The molecule has 2 nitrogen and oxygen atoms in total. The Morgan fingerprint density at radius 3 is 2.02 bits per heavy atom. The SMILES string of the molecule is CS1(C)c2ccccc2-c2c(N(c3ccc(-c4cccc5ccccc45)cc3)c3cccc4c3sc3ccc5oc6c7ccccc7ccc6c5c34)cccc21. The molecule has 0 atom stereocenters. The molecule has 9 aromatic carbocycles. The van der Waals surface area contributed by atoms with Gasteiger partial charge in [-0.15, -0.1) is 11.3 Å². The number of hydrogen-bond donors (Lipinski definition) is 0. The molecule has 0 bridgehead atoms. The van der Waals surface area contributed by atoms with E-state index >= 15 is 0 Å². The van der Waals surface area contributed by atoms with Crippen molar-refractivity contribution in [2.24, 2.45) is 0 Å². The molecule has 2 aromatic heterocycles. The van der Waals surface area contributed by atoms with Crippen LogP contribution in [0.5, 0.6) is 0 Å². The smallest absolute Gasteiger partial charge is 0.143 e. The number of anilines is 3. The second-order valence-electron chi connectivity index (χ2n) is 15.2. The van der Waals surface area contributed by atoms with E-state index in [0.717, 1.165) is 27.6 Å². The molecule has 0 aliphatic carbocycles. The first-order valence-electron chi connectivity index (χ1n) is 19.1. The average Bonchev–Trinajstić information content (AvgIpc) is 3.89. The highest BCUT2D eigenvalue weighted by Crippen LogP contribution is 2.69. The highest BCUT2D eigenvalue weighted by Gasteiger charge is 2.35. The first-order chi connectivity index (χ1) is 27.5. The second-order valence-corrected chi connectivity index (χ2v) is 19.8. The standard InChI is InChI=1S/C52H35NOS2/c1-56(2)46-22-8-7-17-39(46)48-42(20-11-23-47(48)56)53(35-27-24-34(25-28-35)37-18-9-14-32-12-3-5-15-36(32)37)43-21-10-19-41-50-45(55-52(41)43)31-30-44-49(50)40-29-26-33-13-4-6-16-38(33)51(40)54-44/h3-31H,1-2H3. The Labute approximate surface area is 330 Å². The maximum Gasteiger partial charge on any atom is 0.143 e. The van der Waals surface area contributed by atoms with Crippen LogP contribution in [0.4, 0.5) is 17.1 Å². The molecule has 0 radical (unpaired) electrons. The minimum absolute atomic E-state index is 0.928. The summed E-state index contributed by atoms with van der Waals surface area (Å²) in [5, 5.41) is 9.73. The molecule has 0 saturated carbocycles. The lowest BCUT2D eigenvalue weighted by molar-refractivity contribution is 0.673. The molecule has 0 unspecified atom stereocenters. The number of rotatable bonds is 4. The van der Waals surface area contributed by atoms with Crippen LogP contribution in [0.2, 0.25) is 0 Å². The molecule has 0 N–H and O–H groups in total. The van der Waals surface area contributed by atoms with Gasteiger partial charge in [0.2, 0.25) is 0 Å². The van der Waals surface area contributed by atoms with Crippen molar-refractivity contribution in [3.63, 3.8) is 0 Å². The van der Waals surface area contributed by atoms with E-state index in [1.54, 1.807) is 0 Å². The second kappa shape index (κ2) is 11.8. The van der Waals surface area contributed by atoms with Gasteiger partial charge in [0.15, 0.2) is 0 Å². The van der Waals surface area contributed by atoms with Crippen LogP contribution in [0, 0.1) is 0 Å². The van der Waals surface area contributed by atoms with Crippen molar-refractivity contribution < 1.29 is 4.42 Å². The third-order valence-electron chi connectivity index (χ3n) is 11.9. The van der Waals surface area contributed by atoms with Gasteiger partial charge in [0.1, 0.15) is 11.2 Å². The number of furan rings is 1. The zero-order valence-electron chi connectivity index (χ0n) is 30.9. The van der Waals surface area contributed by atoms with Gasteiger partial charge < -0.3 is 9.32 Å². The van der Waals surface area contributed by atoms with Crippen LogP contribution in [0.1, 0.15) is 0 Å². The van der Waals surface area contributed by atoms with Crippen molar-refractivity contribution in [3.05, 3.63) is 176 Å². The van der Waals surface area contributed by atoms with Crippen LogP contribution in [0.15, 0.2) is 190 Å². The molecule has 12 rings (SSSR count). The van der Waals surface area contributed by atoms with Gasteiger partial charge in [-0.2, -0.15) is 10.0 Å². The summed E-state index contributed by atoms with van der Waals surface area (Å²) in [4.78, 5) is 5.42. The molecule has 0 spiro atoms. The third kappa shape index (κ3) is 4.45. The quantitative estimate of drug-likeness (QED) is 0.178. The number of fused-ring (bicyclic) bond motifs is 13. The van der Waals surface area contributed by atoms with Crippen LogP contribution in [0.3, 0.4) is 0 Å². The molecule has 1 aliphatic heterocycles. The van der Waals surface area contributed by atoms with Crippen LogP contribution < -0.4 is 4.90 Å². The summed E-state index contributed by atoms with van der Waals surface area (Å²) in [5.41, 5.74) is 10.6. The van der Waals surface area contributed by atoms with Gasteiger partial charge in [-0.25, -0.2) is 0 Å². The normalized spacial score (nSPS) is 13.9. The summed E-state index contributed by atoms with van der Waals surface area (Å²) < 4.78 is 9.21. The van der Waals surface area contributed by atoms with Gasteiger partial charge in [0, 0.05) is 52.7 Å². The van der Waals surface area contributed by atoms with Crippen LogP contribution in [0.25, 0.3) is 85.9 Å². The van der Waals surface area contributed by atoms with E-state index in [4.69, 9.17) is 4.42 Å². The summed E-state index contributed by atoms with van der Waals surface area (Å²) in [6.45, 7) is 0. The lowest BCUT2D eigenvalue weighted by atomic mass is 9.97. The Kier molecular flexibility index (Phi) is 6.76. The van der Waals surface area contributed by atoms with Crippen molar-refractivity contribution in [2.75, 3.05) is 17.4 Å². The summed E-state index contributed by atoms with van der Waals surface area (Å²) in [6.07, 6.45) is 4.89. The number of thiophene rings is 1. The lowest BCUT2D eigenvalue weighted by Crippen LogP contribution is -2.11. The topological polar surface area (TPSA) is 16.4 Å². The van der Waals surface area contributed by atoms with Gasteiger partial charge in [-0.1, -0.05) is 121 Å². The van der Waals surface area contributed by atoms with Crippen molar-refractivity contribution in [1.29, 1.82) is 0 Å². The first kappa shape index (κ1) is 32.0. The summed E-state index contributed by atoms with van der Waals surface area (Å²) in [6, 6.07) is 64.8. The molecule has 0 amide bonds. The molecule has 0 saturated heterocycles. The van der Waals surface area contributed by atoms with E-state index in [-0.39, 0.29) is 0 Å². The molecular weight excluding hydrogens is 719 g/mol. The van der Waals surface area contributed by atoms with Gasteiger partial charge >= 0.3 is 0 Å². The van der Waals surface area contributed by atoms with Crippen LogP contribution >= 0.6 is 21.4 Å². The molecule has 56 heavy (non-hydrogen) atoms. The monoisotopic (exact) mass is 753 g/mol. The fourth-order valence-corrected chi connectivity index (χ4v) is 13.1. The van der Waals surface area contributed by atoms with Crippen molar-refractivity contribution in [1.82, 2.24) is 0 Å². The summed E-state index contributed by atoms with van der Waals surface area (Å²) >= 11 is 1.88. The molecule has 0 fully saturated rings. The van der Waals surface area contributed by atoms with E-state index in [1.807, 2.05) is 11.3 Å². The van der Waals surface area contributed by atoms with Crippen molar-refractivity contribution in [2.45, 2.75) is 9.79 Å². The molecule has 3 heterocycles. The fraction of sp³-hybridized carbons (Fsp3) is 0.0385. The van der Waals surface area contributed by atoms with Crippen LogP contribution in [-0.4, -0.2) is 12.5 Å². The average molecular weight is 754 g/mol. The summed E-state index contributed by atoms with van der Waals surface area (Å²) in [7, 11) is -1.20. The molecule has 11 aromatic rings. The van der Waals surface area contributed by atoms with Gasteiger partial charge in [0.05, 0.1) is 16.1 Å². The Balaban J connectivity index is 1.13. The van der Waals surface area contributed by atoms with E-state index in [9.17, 15) is 0 Å². The zero-order valence-corrected chi connectivity index (χ0v) is 32.5. The van der Waals surface area contributed by atoms with Crippen molar-refractivity contribution >= 4 is 102 Å². The van der Waals surface area contributed by atoms with E-state index in [1.165, 1.54) is 85.1 Å². The number of nitrogens with zero attached hydrogens (tertiary/aromatic N) is 1. The number of hydrogen-bond acceptors (Lipinski definition) is 3. The van der Waals surface area contributed by atoms with Crippen LogP contribution in [-0.2, 0) is 0 Å². The predicted octanol–water partition coefficient (Wildman–Crippen LogP) is 15.9. The zero-order chi connectivity index (χ0) is 37.1. The molecule has 266 valence electrons. The lowest BCUT2D eigenvalue weighted by Gasteiger charge is -2.31. The minimum atomic E-state index is -1.20. The maximum absolute atomic E-state index is 6.68. The Bertz CT molecular complexity index is 3400. The highest BCUT2D eigenvalue weighted by atomic mass is 32.3. The summed E-state index contributed by atoms with van der Waals surface area (Å²) in [5.74, 6) is 0. The van der Waals surface area contributed by atoms with Gasteiger partial charge in [-0.3, -0.25) is 0 Å². The maximum atomic E-state index is 6.68. The molecular formula is C52H35NOS2. The van der Waals surface area contributed by atoms with Gasteiger partial charge in [-0.05, 0) is 100.0 Å². The van der Waals surface area contributed by atoms with E-state index in [2.05, 4.69) is 193 Å². The Morgan fingerprint density at radius 1 is 0.482 bits per heavy atom. The number of benzene rings is 9. The van der Waals surface area contributed by atoms with Crippen molar-refractivity contribution in [3.8, 4) is 22.3 Å². The van der Waals surface area contributed by atoms with E-state index in [0.29, 0.717) is 0 Å². The predicted molar refractivity (Wildman–Crippen MR) is 243 cm³/mol. The Hall–Kier alpha value is -6.33. The highest BCUT2D eigenvalue weighted by molar-refractivity contribution is 8.33. The molecule has 4 heteroatoms. The minimum Gasteiger partial charge on any atom is -0.455 e. The molecule has 1 aliphatic rings. The third-order valence-corrected chi connectivity index (χ3v) is 16.0. The first-order valence-corrected chi connectivity index (χ1v) is 22.3. The Morgan fingerprint density at radius 2 is 1.14 bits per heavy atom. The largest absolute Gasteiger partial charge is 0.455 e. The van der Waals surface area contributed by atoms with Gasteiger partial charge in [0.25, 0.3) is 0 Å².